The van der Waals surface area contributed by atoms with Crippen LogP contribution in [0.3, 0.4) is 0 Å². The number of nitrogens with one attached hydrogen (secondary N) is 1. The van der Waals surface area contributed by atoms with Crippen molar-refractivity contribution >= 4 is 21.6 Å². The number of halogens is 1. The normalized spacial score (nSPS) is 17.6. The Balaban J connectivity index is 1.50. The molecule has 114 valence electrons. The number of hydrogen-bond donors (Lipinski definition) is 1. The van der Waals surface area contributed by atoms with E-state index in [2.05, 4.69) is 47.4 Å². The van der Waals surface area contributed by atoms with E-state index in [-0.39, 0.29) is 0 Å². The lowest BCUT2D eigenvalue weighted by molar-refractivity contribution is 0.282. The summed E-state index contributed by atoms with van der Waals surface area (Å²) >= 11 is 3.41. The summed E-state index contributed by atoms with van der Waals surface area (Å²) in [7, 11) is 0. The Bertz CT molecular complexity index is 591. The van der Waals surface area contributed by atoms with Crippen LogP contribution in [0.15, 0.2) is 23.2 Å². The van der Waals surface area contributed by atoms with E-state index in [1.54, 1.807) is 6.20 Å². The van der Waals surface area contributed by atoms with Gasteiger partial charge in [0.25, 0.3) is 0 Å². The minimum absolute atomic E-state index is 0.677. The highest BCUT2D eigenvalue weighted by Crippen LogP contribution is 2.12. The van der Waals surface area contributed by atoms with Gasteiger partial charge in [0.15, 0.2) is 5.65 Å². The maximum absolute atomic E-state index is 4.37. The van der Waals surface area contributed by atoms with Crippen molar-refractivity contribution in [1.82, 2.24) is 24.6 Å². The van der Waals surface area contributed by atoms with E-state index < -0.39 is 0 Å². The molecule has 2 aromatic rings. The number of nitrogens with zero attached hydrogens (tertiary/aromatic N) is 4. The van der Waals surface area contributed by atoms with E-state index in [1.807, 2.05) is 12.4 Å². The lowest BCUT2D eigenvalue weighted by atomic mass is 10.1. The molecule has 0 bridgehead atoms. The molecule has 0 spiro atoms. The van der Waals surface area contributed by atoms with Gasteiger partial charge in [0.1, 0.15) is 4.60 Å². The second-order valence-corrected chi connectivity index (χ2v) is 6.74. The Labute approximate surface area is 133 Å². The van der Waals surface area contributed by atoms with Crippen LogP contribution in [-0.2, 0) is 6.54 Å². The Morgan fingerprint density at radius 1 is 1.29 bits per heavy atom. The maximum atomic E-state index is 4.37. The molecule has 1 unspecified atom stereocenters. The average molecular weight is 352 g/mol. The molecule has 1 atom stereocenters. The lowest BCUT2D eigenvalue weighted by Gasteiger charge is -2.20. The van der Waals surface area contributed by atoms with Gasteiger partial charge in [-0.15, -0.1) is 0 Å². The standard InChI is InChI=1S/C15H22BrN5/c1-12(10-20-4-2-3-5-20)6-17-7-13-8-19-15-9-18-14(16)11-21(13)15/h8-9,11-12,17H,2-7,10H2,1H3. The minimum atomic E-state index is 0.677. The van der Waals surface area contributed by atoms with Crippen LogP contribution in [0.25, 0.3) is 5.65 Å². The molecule has 0 saturated carbocycles. The summed E-state index contributed by atoms with van der Waals surface area (Å²) in [6.07, 6.45) is 8.40. The van der Waals surface area contributed by atoms with Gasteiger partial charge >= 0.3 is 0 Å². The van der Waals surface area contributed by atoms with Crippen molar-refractivity contribution in [1.29, 1.82) is 0 Å². The molecule has 1 aliphatic heterocycles. The highest BCUT2D eigenvalue weighted by molar-refractivity contribution is 9.10. The molecular weight excluding hydrogens is 330 g/mol. The first kappa shape index (κ1) is 14.9. The van der Waals surface area contributed by atoms with Gasteiger partial charge in [-0.05, 0) is 54.3 Å². The topological polar surface area (TPSA) is 45.5 Å². The van der Waals surface area contributed by atoms with Crippen molar-refractivity contribution < 1.29 is 0 Å². The van der Waals surface area contributed by atoms with Crippen LogP contribution >= 0.6 is 15.9 Å². The van der Waals surface area contributed by atoms with E-state index in [9.17, 15) is 0 Å². The van der Waals surface area contributed by atoms with Gasteiger partial charge in [0.05, 0.1) is 18.1 Å². The number of imidazole rings is 1. The summed E-state index contributed by atoms with van der Waals surface area (Å²) in [5.74, 6) is 0.677. The van der Waals surface area contributed by atoms with Crippen LogP contribution < -0.4 is 5.32 Å². The molecule has 0 aliphatic carbocycles. The molecule has 1 fully saturated rings. The fourth-order valence-corrected chi connectivity index (χ4v) is 3.27. The first-order valence-electron chi connectivity index (χ1n) is 7.63. The summed E-state index contributed by atoms with van der Waals surface area (Å²) in [6.45, 7) is 7.95. The Hall–Kier alpha value is -0.980. The van der Waals surface area contributed by atoms with Gasteiger partial charge in [-0.3, -0.25) is 4.40 Å². The van der Waals surface area contributed by atoms with E-state index in [1.165, 1.54) is 38.2 Å². The van der Waals surface area contributed by atoms with Crippen LogP contribution in [-0.4, -0.2) is 45.4 Å². The predicted octanol–water partition coefficient (Wildman–Crippen LogP) is 2.31. The van der Waals surface area contributed by atoms with Crippen LogP contribution in [0.1, 0.15) is 25.5 Å². The molecule has 3 rings (SSSR count). The first-order chi connectivity index (χ1) is 10.2. The summed E-state index contributed by atoms with van der Waals surface area (Å²) < 4.78 is 2.91. The quantitative estimate of drug-likeness (QED) is 0.867. The van der Waals surface area contributed by atoms with Gasteiger partial charge in [0, 0.05) is 19.3 Å². The molecule has 2 aromatic heterocycles. The molecule has 0 aromatic carbocycles. The summed E-state index contributed by atoms with van der Waals surface area (Å²) in [6, 6.07) is 0. The second-order valence-electron chi connectivity index (χ2n) is 5.93. The minimum Gasteiger partial charge on any atom is -0.311 e. The fraction of sp³-hybridized carbons (Fsp3) is 0.600. The van der Waals surface area contributed by atoms with Crippen molar-refractivity contribution in [3.63, 3.8) is 0 Å². The maximum Gasteiger partial charge on any atom is 0.155 e. The van der Waals surface area contributed by atoms with E-state index in [4.69, 9.17) is 0 Å². The zero-order valence-electron chi connectivity index (χ0n) is 12.4. The van der Waals surface area contributed by atoms with Crippen LogP contribution in [0, 0.1) is 5.92 Å². The molecule has 0 amide bonds. The third-order valence-corrected chi connectivity index (χ3v) is 4.42. The Morgan fingerprint density at radius 3 is 2.90 bits per heavy atom. The first-order valence-corrected chi connectivity index (χ1v) is 8.42. The number of aromatic nitrogens is 3. The van der Waals surface area contributed by atoms with Crippen molar-refractivity contribution in [2.75, 3.05) is 26.2 Å². The monoisotopic (exact) mass is 351 g/mol. The third kappa shape index (κ3) is 3.81. The third-order valence-electron chi connectivity index (χ3n) is 4.01. The molecular formula is C15H22BrN5. The number of rotatable bonds is 6. The molecule has 5 nitrogen and oxygen atoms in total. The van der Waals surface area contributed by atoms with E-state index >= 15 is 0 Å². The van der Waals surface area contributed by atoms with Crippen LogP contribution in [0.2, 0.25) is 0 Å². The lowest BCUT2D eigenvalue weighted by Crippen LogP contribution is -2.31. The number of likely N-dealkylation sites (tertiary alicyclic amines) is 1. The van der Waals surface area contributed by atoms with Crippen LogP contribution in [0.5, 0.6) is 0 Å². The highest BCUT2D eigenvalue weighted by Gasteiger charge is 2.14. The van der Waals surface area contributed by atoms with Gasteiger partial charge in [-0.1, -0.05) is 6.92 Å². The summed E-state index contributed by atoms with van der Waals surface area (Å²) in [5, 5.41) is 3.55. The highest BCUT2D eigenvalue weighted by atomic mass is 79.9. The molecule has 1 aliphatic rings. The van der Waals surface area contributed by atoms with Crippen molar-refractivity contribution in [2.24, 2.45) is 5.92 Å². The number of fused-ring (bicyclic) bond motifs is 1. The van der Waals surface area contributed by atoms with E-state index in [0.29, 0.717) is 5.92 Å². The SMILES string of the molecule is CC(CNCc1cnc2cnc(Br)cn12)CN1CCCC1. The fourth-order valence-electron chi connectivity index (χ4n) is 2.96. The van der Waals surface area contributed by atoms with Gasteiger partial charge in [-0.25, -0.2) is 9.97 Å². The van der Waals surface area contributed by atoms with Crippen molar-refractivity contribution in [2.45, 2.75) is 26.3 Å². The smallest absolute Gasteiger partial charge is 0.155 e. The van der Waals surface area contributed by atoms with Crippen molar-refractivity contribution in [3.8, 4) is 0 Å². The molecule has 6 heteroatoms. The second kappa shape index (κ2) is 6.85. The Kier molecular flexibility index (Phi) is 4.87. The van der Waals surface area contributed by atoms with Gasteiger partial charge < -0.3 is 10.2 Å². The van der Waals surface area contributed by atoms with Gasteiger partial charge in [-0.2, -0.15) is 0 Å². The molecule has 3 heterocycles. The Morgan fingerprint density at radius 2 is 2.10 bits per heavy atom. The average Bonchev–Trinajstić information content (AvgIpc) is 3.09. The predicted molar refractivity (Wildman–Crippen MR) is 87.2 cm³/mol. The zero-order valence-corrected chi connectivity index (χ0v) is 14.0. The van der Waals surface area contributed by atoms with Crippen molar-refractivity contribution in [3.05, 3.63) is 28.9 Å². The molecule has 1 saturated heterocycles. The van der Waals surface area contributed by atoms with Crippen LogP contribution in [0.4, 0.5) is 0 Å². The summed E-state index contributed by atoms with van der Waals surface area (Å²) in [5.41, 5.74) is 2.06. The molecule has 1 N–H and O–H groups in total. The van der Waals surface area contributed by atoms with E-state index in [0.717, 1.165) is 23.3 Å². The molecule has 0 radical (unpaired) electrons. The zero-order chi connectivity index (χ0) is 14.7. The van der Waals surface area contributed by atoms with Gasteiger partial charge in [0.2, 0.25) is 0 Å². The number of hydrogen-bond acceptors (Lipinski definition) is 4. The largest absolute Gasteiger partial charge is 0.311 e. The summed E-state index contributed by atoms with van der Waals surface area (Å²) in [4.78, 5) is 11.1. The molecule has 21 heavy (non-hydrogen) atoms.